The van der Waals surface area contributed by atoms with Crippen LogP contribution in [0.5, 0.6) is 0 Å². The molecule has 0 radical (unpaired) electrons. The van der Waals surface area contributed by atoms with Crippen molar-refractivity contribution in [3.63, 3.8) is 0 Å². The summed E-state index contributed by atoms with van der Waals surface area (Å²) in [6.45, 7) is 0. The van der Waals surface area contributed by atoms with E-state index in [0.29, 0.717) is 17.5 Å². The van der Waals surface area contributed by atoms with E-state index in [2.05, 4.69) is 108 Å². The Balaban J connectivity index is 1.34. The normalized spacial score (nSPS) is 14.2. The maximum atomic E-state index is 7.03. The number of allylic oxidation sites excluding steroid dienone is 2. The molecule has 6 aromatic carbocycles. The van der Waals surface area contributed by atoms with Crippen molar-refractivity contribution < 1.29 is 4.42 Å². The van der Waals surface area contributed by atoms with Crippen LogP contribution in [0.4, 0.5) is 11.4 Å². The van der Waals surface area contributed by atoms with Gasteiger partial charge in [-0.25, -0.2) is 15.0 Å². The van der Waals surface area contributed by atoms with E-state index in [1.54, 1.807) is 0 Å². The Hall–Kier alpha value is -6.33. The highest BCUT2D eigenvalue weighted by molar-refractivity contribution is 6.22. The Bertz CT molecular complexity index is 2430. The highest BCUT2D eigenvalue weighted by Gasteiger charge is 2.26. The second-order valence-electron chi connectivity index (χ2n) is 12.0. The second kappa shape index (κ2) is 11.8. The van der Waals surface area contributed by atoms with Gasteiger partial charge in [0.2, 0.25) is 0 Å². The van der Waals surface area contributed by atoms with Gasteiger partial charge in [0.05, 0.1) is 11.7 Å². The largest absolute Gasteiger partial charge is 0.453 e. The minimum Gasteiger partial charge on any atom is -0.453 e. The number of nitrogens with zero attached hydrogens (tertiary/aromatic N) is 4. The number of hydrogen-bond donors (Lipinski definition) is 0. The van der Waals surface area contributed by atoms with Crippen LogP contribution in [-0.2, 0) is 0 Å². The maximum Gasteiger partial charge on any atom is 0.164 e. The standard InChI is InChI=1S/C43H30N4O/c1-5-16-29(17-6-1)41-44-42(30-18-7-2-8-19-30)46-43(45-41)36-28-31-20-13-14-25-34(31)40-38(36)35-26-15-27-37(39(35)48-40)47(32-21-9-3-10-22-32)33-23-11-4-12-24-33/h1-23,25-28,33H,24H2. The van der Waals surface area contributed by atoms with Gasteiger partial charge in [-0.15, -0.1) is 0 Å². The van der Waals surface area contributed by atoms with Gasteiger partial charge in [0.25, 0.3) is 0 Å². The Labute approximate surface area is 278 Å². The second-order valence-corrected chi connectivity index (χ2v) is 12.0. The van der Waals surface area contributed by atoms with Crippen molar-refractivity contribution in [2.45, 2.75) is 12.5 Å². The molecule has 9 rings (SSSR count). The van der Waals surface area contributed by atoms with E-state index in [0.717, 1.165) is 67.2 Å². The number of fused-ring (bicyclic) bond motifs is 5. The van der Waals surface area contributed by atoms with Crippen molar-refractivity contribution in [3.05, 3.63) is 164 Å². The summed E-state index contributed by atoms with van der Waals surface area (Å²) < 4.78 is 7.03. The molecule has 0 spiro atoms. The topological polar surface area (TPSA) is 55.1 Å². The molecule has 0 saturated heterocycles. The van der Waals surface area contributed by atoms with E-state index in [-0.39, 0.29) is 6.04 Å². The third kappa shape index (κ3) is 4.84. The monoisotopic (exact) mass is 618 g/mol. The molecule has 0 fully saturated rings. The molecule has 8 aromatic rings. The summed E-state index contributed by atoms with van der Waals surface area (Å²) in [7, 11) is 0. The number of anilines is 2. The van der Waals surface area contributed by atoms with Crippen molar-refractivity contribution in [3.8, 4) is 34.2 Å². The number of hydrogen-bond acceptors (Lipinski definition) is 5. The molecule has 2 aromatic heterocycles. The minimum atomic E-state index is 0.137. The summed E-state index contributed by atoms with van der Waals surface area (Å²) >= 11 is 0. The summed E-state index contributed by atoms with van der Waals surface area (Å²) in [5.41, 5.74) is 6.55. The Morgan fingerprint density at radius 2 is 1.19 bits per heavy atom. The van der Waals surface area contributed by atoms with Crippen LogP contribution < -0.4 is 4.90 Å². The fourth-order valence-corrected chi connectivity index (χ4v) is 6.77. The van der Waals surface area contributed by atoms with Crippen LogP contribution in [0.3, 0.4) is 0 Å². The summed E-state index contributed by atoms with van der Waals surface area (Å²) in [5, 5.41) is 4.11. The molecule has 228 valence electrons. The molecule has 1 atom stereocenters. The van der Waals surface area contributed by atoms with Crippen LogP contribution >= 0.6 is 0 Å². The third-order valence-electron chi connectivity index (χ3n) is 8.99. The Kier molecular flexibility index (Phi) is 6.86. The molecule has 48 heavy (non-hydrogen) atoms. The first kappa shape index (κ1) is 27.9. The number of aromatic nitrogens is 3. The highest BCUT2D eigenvalue weighted by Crippen LogP contribution is 2.45. The van der Waals surface area contributed by atoms with Gasteiger partial charge in [-0.2, -0.15) is 0 Å². The Morgan fingerprint density at radius 3 is 1.88 bits per heavy atom. The van der Waals surface area contributed by atoms with Gasteiger partial charge in [-0.1, -0.05) is 140 Å². The molecular formula is C43H30N4O. The van der Waals surface area contributed by atoms with Crippen molar-refractivity contribution in [2.24, 2.45) is 0 Å². The van der Waals surface area contributed by atoms with Gasteiger partial charge in [-0.3, -0.25) is 0 Å². The lowest BCUT2D eigenvalue weighted by Crippen LogP contribution is -2.29. The summed E-state index contributed by atoms with van der Waals surface area (Å²) in [5.74, 6) is 1.86. The molecule has 1 unspecified atom stereocenters. The lowest BCUT2D eigenvalue weighted by atomic mass is 9.98. The fraction of sp³-hybridized carbons (Fsp3) is 0.0465. The molecule has 0 bridgehead atoms. The first-order valence-corrected chi connectivity index (χ1v) is 16.2. The Morgan fingerprint density at radius 1 is 0.562 bits per heavy atom. The zero-order valence-electron chi connectivity index (χ0n) is 26.1. The average Bonchev–Trinajstić information content (AvgIpc) is 3.57. The number of para-hydroxylation sites is 2. The van der Waals surface area contributed by atoms with Crippen LogP contribution in [0.25, 0.3) is 66.9 Å². The number of rotatable bonds is 6. The zero-order valence-corrected chi connectivity index (χ0v) is 26.1. The lowest BCUT2D eigenvalue weighted by Gasteiger charge is -2.32. The van der Waals surface area contributed by atoms with Crippen LogP contribution in [0.1, 0.15) is 6.42 Å². The van der Waals surface area contributed by atoms with Crippen molar-refractivity contribution in [2.75, 3.05) is 4.90 Å². The van der Waals surface area contributed by atoms with E-state index >= 15 is 0 Å². The number of benzene rings is 6. The summed E-state index contributed by atoms with van der Waals surface area (Å²) in [6.07, 6.45) is 9.62. The molecule has 1 aliphatic rings. The molecule has 0 saturated carbocycles. The molecule has 0 amide bonds. The van der Waals surface area contributed by atoms with Gasteiger partial charge < -0.3 is 9.32 Å². The fourth-order valence-electron chi connectivity index (χ4n) is 6.77. The smallest absolute Gasteiger partial charge is 0.164 e. The van der Waals surface area contributed by atoms with Gasteiger partial charge >= 0.3 is 0 Å². The predicted molar refractivity (Wildman–Crippen MR) is 196 cm³/mol. The SMILES string of the molecule is C1=CCC(N(c2ccccc2)c2cccc3c2oc2c4ccccc4cc(-c4nc(-c5ccccc5)nc(-c5ccccc5)n4)c32)C=C1. The van der Waals surface area contributed by atoms with Crippen molar-refractivity contribution >= 4 is 44.1 Å². The quantitative estimate of drug-likeness (QED) is 0.186. The average molecular weight is 619 g/mol. The molecule has 5 nitrogen and oxygen atoms in total. The third-order valence-corrected chi connectivity index (χ3v) is 8.99. The van der Waals surface area contributed by atoms with E-state index in [1.807, 2.05) is 60.7 Å². The molecule has 5 heteroatoms. The van der Waals surface area contributed by atoms with E-state index < -0.39 is 0 Å². The first-order valence-electron chi connectivity index (χ1n) is 16.2. The van der Waals surface area contributed by atoms with Gasteiger partial charge in [-0.05, 0) is 36.1 Å². The molecule has 2 heterocycles. The van der Waals surface area contributed by atoms with Crippen molar-refractivity contribution in [1.29, 1.82) is 0 Å². The van der Waals surface area contributed by atoms with Crippen LogP contribution in [0, 0.1) is 0 Å². The summed E-state index contributed by atoms with van der Waals surface area (Å²) in [4.78, 5) is 17.6. The van der Waals surface area contributed by atoms with E-state index in [1.165, 1.54) is 0 Å². The number of furan rings is 1. The minimum absolute atomic E-state index is 0.137. The van der Waals surface area contributed by atoms with Gasteiger partial charge in [0.15, 0.2) is 23.1 Å². The first-order chi connectivity index (χ1) is 23.8. The van der Waals surface area contributed by atoms with Crippen molar-refractivity contribution in [1.82, 2.24) is 15.0 Å². The summed E-state index contributed by atoms with van der Waals surface area (Å²) in [6, 6.07) is 47.9. The highest BCUT2D eigenvalue weighted by atomic mass is 16.3. The maximum absolute atomic E-state index is 7.03. The lowest BCUT2D eigenvalue weighted by molar-refractivity contribution is 0.668. The van der Waals surface area contributed by atoms with Crippen LogP contribution in [0.15, 0.2) is 168 Å². The molecular weight excluding hydrogens is 589 g/mol. The van der Waals surface area contributed by atoms with E-state index in [4.69, 9.17) is 19.4 Å². The van der Waals surface area contributed by atoms with Gasteiger partial charge in [0.1, 0.15) is 5.58 Å². The zero-order chi connectivity index (χ0) is 31.9. The van der Waals surface area contributed by atoms with Crippen LogP contribution in [0.2, 0.25) is 0 Å². The predicted octanol–water partition coefficient (Wildman–Crippen LogP) is 10.9. The van der Waals surface area contributed by atoms with Crippen LogP contribution in [-0.4, -0.2) is 21.0 Å². The van der Waals surface area contributed by atoms with Gasteiger partial charge in [0, 0.05) is 38.5 Å². The van der Waals surface area contributed by atoms with E-state index in [9.17, 15) is 0 Å². The molecule has 1 aliphatic carbocycles. The molecule has 0 aliphatic heterocycles. The molecule has 0 N–H and O–H groups in total.